The fraction of sp³-hybridized carbons (Fsp3) is 0.400. The summed E-state index contributed by atoms with van der Waals surface area (Å²) in [6.07, 6.45) is 1.28. The Kier molecular flexibility index (Phi) is 6.30. The van der Waals surface area contributed by atoms with E-state index in [1.54, 1.807) is 12.0 Å². The van der Waals surface area contributed by atoms with Crippen LogP contribution in [-0.4, -0.2) is 36.4 Å². The lowest BCUT2D eigenvalue weighted by atomic mass is 10.2. The molecule has 7 heteroatoms. The fourth-order valence-corrected chi connectivity index (χ4v) is 2.91. The molecule has 0 atom stereocenters. The van der Waals surface area contributed by atoms with E-state index in [4.69, 9.17) is 16.3 Å². The molecule has 0 aliphatic heterocycles. The number of hydrogen-bond acceptors (Lipinski definition) is 5. The molecule has 2 aromatic rings. The minimum Gasteiger partial charge on any atom is -0.383 e. The molecule has 0 saturated carbocycles. The van der Waals surface area contributed by atoms with E-state index in [1.807, 2.05) is 31.2 Å². The van der Waals surface area contributed by atoms with Crippen molar-refractivity contribution in [1.29, 1.82) is 0 Å². The first-order chi connectivity index (χ1) is 10.7. The van der Waals surface area contributed by atoms with E-state index >= 15 is 0 Å². The molecule has 1 heterocycles. The van der Waals surface area contributed by atoms with Gasteiger partial charge in [-0.3, -0.25) is 9.69 Å². The van der Waals surface area contributed by atoms with Crippen LogP contribution in [-0.2, 0) is 9.53 Å². The Morgan fingerprint density at radius 3 is 2.68 bits per heavy atom. The molecule has 0 aliphatic carbocycles. The zero-order valence-corrected chi connectivity index (χ0v) is 14.2. The van der Waals surface area contributed by atoms with Gasteiger partial charge >= 0.3 is 0 Å². The van der Waals surface area contributed by atoms with Crippen LogP contribution in [0.2, 0.25) is 5.02 Å². The number of amides is 1. The van der Waals surface area contributed by atoms with Gasteiger partial charge in [-0.15, -0.1) is 10.2 Å². The summed E-state index contributed by atoms with van der Waals surface area (Å²) in [4.78, 5) is 13.9. The van der Waals surface area contributed by atoms with Gasteiger partial charge in [-0.05, 0) is 18.6 Å². The SMILES string of the molecule is CCCC(=O)N(CCOC)c1nnc(-c2ccc(Cl)cc2)s1. The van der Waals surface area contributed by atoms with Crippen molar-refractivity contribution in [3.8, 4) is 10.6 Å². The minimum absolute atomic E-state index is 0.0401. The number of carbonyl (C=O) groups is 1. The Hall–Kier alpha value is -1.50. The summed E-state index contributed by atoms with van der Waals surface area (Å²) >= 11 is 7.28. The molecule has 1 aromatic carbocycles. The van der Waals surface area contributed by atoms with Gasteiger partial charge in [0.25, 0.3) is 0 Å². The first-order valence-electron chi connectivity index (χ1n) is 7.04. The highest BCUT2D eigenvalue weighted by atomic mass is 35.5. The van der Waals surface area contributed by atoms with E-state index in [-0.39, 0.29) is 5.91 Å². The number of nitrogens with zero attached hydrogens (tertiary/aromatic N) is 3. The maximum absolute atomic E-state index is 12.2. The van der Waals surface area contributed by atoms with Crippen LogP contribution >= 0.6 is 22.9 Å². The Balaban J connectivity index is 2.21. The van der Waals surface area contributed by atoms with Crippen LogP contribution in [0.25, 0.3) is 10.6 Å². The molecule has 0 unspecified atom stereocenters. The van der Waals surface area contributed by atoms with Crippen molar-refractivity contribution in [1.82, 2.24) is 10.2 Å². The quantitative estimate of drug-likeness (QED) is 0.772. The molecule has 5 nitrogen and oxygen atoms in total. The number of carbonyl (C=O) groups excluding carboxylic acids is 1. The molecular formula is C15H18ClN3O2S. The lowest BCUT2D eigenvalue weighted by molar-refractivity contribution is -0.118. The first-order valence-corrected chi connectivity index (χ1v) is 8.24. The molecule has 0 bridgehead atoms. The second-order valence-electron chi connectivity index (χ2n) is 4.68. The highest BCUT2D eigenvalue weighted by Crippen LogP contribution is 2.29. The summed E-state index contributed by atoms with van der Waals surface area (Å²) < 4.78 is 5.07. The number of rotatable bonds is 7. The van der Waals surface area contributed by atoms with E-state index in [2.05, 4.69) is 10.2 Å². The van der Waals surface area contributed by atoms with E-state index in [0.717, 1.165) is 17.0 Å². The average Bonchev–Trinajstić information content (AvgIpc) is 2.98. The van der Waals surface area contributed by atoms with E-state index in [1.165, 1.54) is 11.3 Å². The number of ether oxygens (including phenoxy) is 1. The number of benzene rings is 1. The van der Waals surface area contributed by atoms with Crippen molar-refractivity contribution < 1.29 is 9.53 Å². The van der Waals surface area contributed by atoms with E-state index in [0.29, 0.717) is 29.7 Å². The van der Waals surface area contributed by atoms with Crippen LogP contribution in [0.5, 0.6) is 0 Å². The summed E-state index contributed by atoms with van der Waals surface area (Å²) in [6, 6.07) is 7.39. The van der Waals surface area contributed by atoms with Crippen molar-refractivity contribution in [2.75, 3.05) is 25.2 Å². The highest BCUT2D eigenvalue weighted by molar-refractivity contribution is 7.18. The molecule has 0 fully saturated rings. The molecule has 1 aromatic heterocycles. The molecule has 0 N–H and O–H groups in total. The molecule has 0 radical (unpaired) electrons. The van der Waals surface area contributed by atoms with Gasteiger partial charge in [0.05, 0.1) is 13.2 Å². The molecule has 1 amide bonds. The van der Waals surface area contributed by atoms with Crippen LogP contribution in [0.1, 0.15) is 19.8 Å². The third-order valence-corrected chi connectivity index (χ3v) is 4.27. The van der Waals surface area contributed by atoms with Crippen molar-refractivity contribution in [2.24, 2.45) is 0 Å². The summed E-state index contributed by atoms with van der Waals surface area (Å²) in [5.41, 5.74) is 0.933. The predicted octanol–water partition coefficient (Wildman–Crippen LogP) is 3.64. The number of anilines is 1. The molecule has 2 rings (SSSR count). The standard InChI is InChI=1S/C15H18ClN3O2S/c1-3-4-13(20)19(9-10-21-2)15-18-17-14(22-15)11-5-7-12(16)8-6-11/h5-8H,3-4,9-10H2,1-2H3. The van der Waals surface area contributed by atoms with E-state index in [9.17, 15) is 4.79 Å². The molecule has 0 aliphatic rings. The molecule has 22 heavy (non-hydrogen) atoms. The number of methoxy groups -OCH3 is 1. The normalized spacial score (nSPS) is 10.7. The number of hydrogen-bond donors (Lipinski definition) is 0. The Morgan fingerprint density at radius 1 is 1.32 bits per heavy atom. The maximum Gasteiger partial charge on any atom is 0.228 e. The lowest BCUT2D eigenvalue weighted by Gasteiger charge is -2.18. The zero-order chi connectivity index (χ0) is 15.9. The van der Waals surface area contributed by atoms with Crippen molar-refractivity contribution in [2.45, 2.75) is 19.8 Å². The number of halogens is 1. The summed E-state index contributed by atoms with van der Waals surface area (Å²) in [6.45, 7) is 2.92. The first kappa shape index (κ1) is 16.9. The van der Waals surface area contributed by atoms with Crippen LogP contribution in [0, 0.1) is 0 Å². The largest absolute Gasteiger partial charge is 0.383 e. The third-order valence-electron chi connectivity index (χ3n) is 3.02. The van der Waals surface area contributed by atoms with Gasteiger partial charge in [0.2, 0.25) is 11.0 Å². The molecular weight excluding hydrogens is 322 g/mol. The fourth-order valence-electron chi connectivity index (χ4n) is 1.89. The van der Waals surface area contributed by atoms with Gasteiger partial charge in [-0.2, -0.15) is 0 Å². The predicted molar refractivity (Wildman–Crippen MR) is 89.5 cm³/mol. The topological polar surface area (TPSA) is 55.3 Å². The van der Waals surface area contributed by atoms with Crippen molar-refractivity contribution >= 4 is 34.0 Å². The van der Waals surface area contributed by atoms with Crippen LogP contribution in [0.3, 0.4) is 0 Å². The highest BCUT2D eigenvalue weighted by Gasteiger charge is 2.19. The van der Waals surface area contributed by atoms with Gasteiger partial charge < -0.3 is 4.74 Å². The maximum atomic E-state index is 12.2. The van der Waals surface area contributed by atoms with Gasteiger partial charge in [-0.1, -0.05) is 42.0 Å². The number of aromatic nitrogens is 2. The molecule has 0 spiro atoms. The Morgan fingerprint density at radius 2 is 2.05 bits per heavy atom. The minimum atomic E-state index is 0.0401. The summed E-state index contributed by atoms with van der Waals surface area (Å²) in [5.74, 6) is 0.0401. The molecule has 118 valence electrons. The Labute approximate surface area is 138 Å². The van der Waals surface area contributed by atoms with Gasteiger partial charge in [0.15, 0.2) is 0 Å². The monoisotopic (exact) mass is 339 g/mol. The summed E-state index contributed by atoms with van der Waals surface area (Å²) in [5, 5.41) is 10.4. The smallest absolute Gasteiger partial charge is 0.228 e. The van der Waals surface area contributed by atoms with Gasteiger partial charge in [0, 0.05) is 24.1 Å². The average molecular weight is 340 g/mol. The van der Waals surface area contributed by atoms with Gasteiger partial charge in [0.1, 0.15) is 5.01 Å². The Bertz CT molecular complexity index is 616. The second-order valence-corrected chi connectivity index (χ2v) is 6.08. The summed E-state index contributed by atoms with van der Waals surface area (Å²) in [7, 11) is 1.61. The van der Waals surface area contributed by atoms with Crippen LogP contribution < -0.4 is 4.90 Å². The van der Waals surface area contributed by atoms with E-state index < -0.39 is 0 Å². The van der Waals surface area contributed by atoms with Gasteiger partial charge in [-0.25, -0.2) is 0 Å². The van der Waals surface area contributed by atoms with Crippen molar-refractivity contribution in [3.05, 3.63) is 29.3 Å². The van der Waals surface area contributed by atoms with Crippen molar-refractivity contribution in [3.63, 3.8) is 0 Å². The van der Waals surface area contributed by atoms with Crippen LogP contribution in [0.15, 0.2) is 24.3 Å². The second kappa shape index (κ2) is 8.22. The third kappa shape index (κ3) is 4.25. The lowest BCUT2D eigenvalue weighted by Crippen LogP contribution is -2.33. The van der Waals surface area contributed by atoms with Crippen LogP contribution in [0.4, 0.5) is 5.13 Å². The molecule has 0 saturated heterocycles. The zero-order valence-electron chi connectivity index (χ0n) is 12.6.